The van der Waals surface area contributed by atoms with Crippen molar-refractivity contribution in [3.8, 4) is 17.2 Å². The highest BCUT2D eigenvalue weighted by atomic mass is 16.6. The molecule has 0 spiro atoms. The number of esters is 1. The van der Waals surface area contributed by atoms with Crippen molar-refractivity contribution < 1.29 is 23.7 Å². The molecule has 32 heavy (non-hydrogen) atoms. The van der Waals surface area contributed by atoms with E-state index in [9.17, 15) is 4.79 Å². The molecule has 1 aliphatic rings. The van der Waals surface area contributed by atoms with Gasteiger partial charge in [0, 0.05) is 13.0 Å². The molecule has 1 atom stereocenters. The van der Waals surface area contributed by atoms with Crippen LogP contribution in [0.4, 0.5) is 11.4 Å². The Kier molecular flexibility index (Phi) is 6.92. The lowest BCUT2D eigenvalue weighted by Crippen LogP contribution is -2.28. The number of benzene rings is 3. The summed E-state index contributed by atoms with van der Waals surface area (Å²) in [7, 11) is 1.37. The molecule has 4 rings (SSSR count). The van der Waals surface area contributed by atoms with Crippen molar-refractivity contribution in [2.24, 2.45) is 0 Å². The summed E-state index contributed by atoms with van der Waals surface area (Å²) in [6, 6.07) is 23.7. The number of hydrogen-bond donors (Lipinski definition) is 0. The number of para-hydroxylation sites is 4. The highest BCUT2D eigenvalue weighted by Gasteiger charge is 2.23. The molecule has 0 radical (unpaired) electrons. The maximum absolute atomic E-state index is 11.9. The summed E-state index contributed by atoms with van der Waals surface area (Å²) in [5.41, 5.74) is 3.03. The molecule has 1 aliphatic heterocycles. The van der Waals surface area contributed by atoms with Crippen molar-refractivity contribution in [3.63, 3.8) is 0 Å². The number of ether oxygens (including phenoxy) is 4. The lowest BCUT2D eigenvalue weighted by Gasteiger charge is -2.32. The first-order valence-electron chi connectivity index (χ1n) is 10.7. The molecule has 0 amide bonds. The van der Waals surface area contributed by atoms with Crippen molar-refractivity contribution in [2.75, 3.05) is 31.8 Å². The van der Waals surface area contributed by atoms with E-state index in [0.29, 0.717) is 26.2 Å². The summed E-state index contributed by atoms with van der Waals surface area (Å²) in [6.45, 7) is 3.49. The zero-order valence-electron chi connectivity index (χ0n) is 18.3. The fourth-order valence-corrected chi connectivity index (χ4v) is 3.76. The van der Waals surface area contributed by atoms with Crippen LogP contribution >= 0.6 is 0 Å². The summed E-state index contributed by atoms with van der Waals surface area (Å²) in [5.74, 6) is 2.09. The van der Waals surface area contributed by atoms with Crippen molar-refractivity contribution >= 4 is 17.3 Å². The summed E-state index contributed by atoms with van der Waals surface area (Å²) in [4.78, 5) is 14.1. The lowest BCUT2D eigenvalue weighted by atomic mass is 10.1. The highest BCUT2D eigenvalue weighted by molar-refractivity contribution is 5.77. The SMILES string of the molecule is CCOC(Cc1ccc(OCCN2c3ccccc3Oc3ccccc32)cc1)C(=O)OC. The second kappa shape index (κ2) is 10.2. The van der Waals surface area contributed by atoms with Gasteiger partial charge in [-0.25, -0.2) is 4.79 Å². The predicted octanol–water partition coefficient (Wildman–Crippen LogP) is 5.13. The number of anilines is 2. The van der Waals surface area contributed by atoms with Gasteiger partial charge in [0.15, 0.2) is 17.6 Å². The van der Waals surface area contributed by atoms with E-state index in [1.165, 1.54) is 7.11 Å². The average molecular weight is 434 g/mol. The van der Waals surface area contributed by atoms with E-state index < -0.39 is 6.10 Å². The van der Waals surface area contributed by atoms with Crippen LogP contribution in [-0.4, -0.2) is 38.9 Å². The second-order valence-corrected chi connectivity index (χ2v) is 7.35. The normalized spacial score (nSPS) is 12.9. The Bertz CT molecular complexity index is 1000. The fraction of sp³-hybridized carbons (Fsp3) is 0.269. The van der Waals surface area contributed by atoms with Crippen LogP contribution in [0.3, 0.4) is 0 Å². The molecule has 6 nitrogen and oxygen atoms in total. The standard InChI is InChI=1S/C26H27NO5/c1-3-30-25(26(28)29-2)18-19-12-14-20(15-13-19)31-17-16-27-21-8-4-6-10-23(21)32-24-11-7-5-9-22(24)27/h4-15,25H,3,16-18H2,1-2H3. The van der Waals surface area contributed by atoms with E-state index in [1.807, 2.05) is 67.6 Å². The van der Waals surface area contributed by atoms with Gasteiger partial charge >= 0.3 is 5.97 Å². The molecule has 3 aromatic carbocycles. The molecule has 0 bridgehead atoms. The molecule has 166 valence electrons. The Hall–Kier alpha value is -3.51. The Morgan fingerprint density at radius 1 is 0.938 bits per heavy atom. The molecule has 0 aromatic heterocycles. The average Bonchev–Trinajstić information content (AvgIpc) is 2.83. The summed E-state index contributed by atoms with van der Waals surface area (Å²) < 4.78 is 22.4. The van der Waals surface area contributed by atoms with Gasteiger partial charge in [-0.3, -0.25) is 0 Å². The van der Waals surface area contributed by atoms with Crippen LogP contribution < -0.4 is 14.4 Å². The van der Waals surface area contributed by atoms with Crippen LogP contribution in [0.5, 0.6) is 17.2 Å². The van der Waals surface area contributed by atoms with Crippen LogP contribution in [0.1, 0.15) is 12.5 Å². The quantitative estimate of drug-likeness (QED) is 0.436. The third-order valence-corrected chi connectivity index (χ3v) is 5.29. The van der Waals surface area contributed by atoms with Crippen LogP contribution in [0.25, 0.3) is 0 Å². The van der Waals surface area contributed by atoms with Crippen LogP contribution in [0.2, 0.25) is 0 Å². The van der Waals surface area contributed by atoms with E-state index in [0.717, 1.165) is 34.2 Å². The van der Waals surface area contributed by atoms with E-state index in [4.69, 9.17) is 18.9 Å². The first-order chi connectivity index (χ1) is 15.7. The first kappa shape index (κ1) is 21.7. The molecular formula is C26H27NO5. The van der Waals surface area contributed by atoms with Crippen LogP contribution in [0, 0.1) is 0 Å². The number of carbonyl (C=O) groups excluding carboxylic acids is 1. The monoisotopic (exact) mass is 433 g/mol. The van der Waals surface area contributed by atoms with Gasteiger partial charge in [0.05, 0.1) is 25.0 Å². The third-order valence-electron chi connectivity index (χ3n) is 5.29. The molecule has 1 unspecified atom stereocenters. The van der Waals surface area contributed by atoms with Crippen molar-refractivity contribution in [2.45, 2.75) is 19.4 Å². The van der Waals surface area contributed by atoms with E-state index >= 15 is 0 Å². The minimum atomic E-state index is -0.599. The van der Waals surface area contributed by atoms with E-state index in [2.05, 4.69) is 17.0 Å². The Balaban J connectivity index is 1.39. The van der Waals surface area contributed by atoms with Gasteiger partial charge in [0.25, 0.3) is 0 Å². The largest absolute Gasteiger partial charge is 0.492 e. The van der Waals surface area contributed by atoms with Gasteiger partial charge in [-0.15, -0.1) is 0 Å². The zero-order valence-corrected chi connectivity index (χ0v) is 18.3. The maximum Gasteiger partial charge on any atom is 0.335 e. The Morgan fingerprint density at radius 2 is 1.56 bits per heavy atom. The maximum atomic E-state index is 11.9. The summed E-state index contributed by atoms with van der Waals surface area (Å²) in [5, 5.41) is 0. The molecule has 0 saturated heterocycles. The van der Waals surface area contributed by atoms with Gasteiger partial charge in [0.1, 0.15) is 12.4 Å². The number of fused-ring (bicyclic) bond motifs is 2. The predicted molar refractivity (Wildman–Crippen MR) is 123 cm³/mol. The smallest absolute Gasteiger partial charge is 0.335 e. The van der Waals surface area contributed by atoms with Gasteiger partial charge < -0.3 is 23.8 Å². The van der Waals surface area contributed by atoms with Crippen molar-refractivity contribution in [3.05, 3.63) is 78.4 Å². The summed E-state index contributed by atoms with van der Waals surface area (Å²) >= 11 is 0. The molecule has 0 N–H and O–H groups in total. The van der Waals surface area contributed by atoms with Crippen molar-refractivity contribution in [1.82, 2.24) is 0 Å². The molecule has 6 heteroatoms. The van der Waals surface area contributed by atoms with Crippen molar-refractivity contribution in [1.29, 1.82) is 0 Å². The Morgan fingerprint density at radius 3 is 2.16 bits per heavy atom. The van der Waals surface area contributed by atoms with Gasteiger partial charge in [-0.1, -0.05) is 36.4 Å². The molecule has 3 aromatic rings. The number of nitrogens with zero attached hydrogens (tertiary/aromatic N) is 1. The van der Waals surface area contributed by atoms with E-state index in [1.54, 1.807) is 0 Å². The van der Waals surface area contributed by atoms with Gasteiger partial charge in [0.2, 0.25) is 0 Å². The Labute approximate surface area is 188 Å². The van der Waals surface area contributed by atoms with Crippen LogP contribution in [-0.2, 0) is 20.7 Å². The second-order valence-electron chi connectivity index (χ2n) is 7.35. The molecule has 1 heterocycles. The van der Waals surface area contributed by atoms with Gasteiger partial charge in [-0.05, 0) is 48.9 Å². The number of hydrogen-bond acceptors (Lipinski definition) is 6. The first-order valence-corrected chi connectivity index (χ1v) is 10.7. The fourth-order valence-electron chi connectivity index (χ4n) is 3.76. The molecule has 0 aliphatic carbocycles. The molecular weight excluding hydrogens is 406 g/mol. The van der Waals surface area contributed by atoms with E-state index in [-0.39, 0.29) is 5.97 Å². The number of methoxy groups -OCH3 is 1. The lowest BCUT2D eigenvalue weighted by molar-refractivity contribution is -0.153. The summed E-state index contributed by atoms with van der Waals surface area (Å²) in [6.07, 6.45) is -0.138. The minimum absolute atomic E-state index is 0.363. The third kappa shape index (κ3) is 4.86. The number of rotatable bonds is 9. The van der Waals surface area contributed by atoms with Gasteiger partial charge in [-0.2, -0.15) is 0 Å². The highest BCUT2D eigenvalue weighted by Crippen LogP contribution is 2.45. The minimum Gasteiger partial charge on any atom is -0.492 e. The topological polar surface area (TPSA) is 57.2 Å². The zero-order chi connectivity index (χ0) is 22.3. The van der Waals surface area contributed by atoms with Crippen LogP contribution in [0.15, 0.2) is 72.8 Å². The molecule has 0 fully saturated rings. The molecule has 0 saturated carbocycles. The number of carbonyl (C=O) groups is 1.